The highest BCUT2D eigenvalue weighted by molar-refractivity contribution is 7.99. The van der Waals surface area contributed by atoms with Crippen LogP contribution < -0.4 is 4.74 Å². The van der Waals surface area contributed by atoms with Crippen LogP contribution in [-0.4, -0.2) is 40.4 Å². The van der Waals surface area contributed by atoms with Crippen LogP contribution >= 0.6 is 34.7 Å². The monoisotopic (exact) mass is 368 g/mol. The van der Waals surface area contributed by atoms with Gasteiger partial charge in [0.15, 0.2) is 0 Å². The van der Waals surface area contributed by atoms with Gasteiger partial charge < -0.3 is 9.64 Å². The molecule has 1 aromatic carbocycles. The number of ether oxygens (including phenoxy) is 1. The highest BCUT2D eigenvalue weighted by Crippen LogP contribution is 2.19. The van der Waals surface area contributed by atoms with Crippen molar-refractivity contribution in [2.45, 2.75) is 13.0 Å². The first-order valence-electron chi connectivity index (χ1n) is 7.38. The van der Waals surface area contributed by atoms with Crippen LogP contribution in [0.2, 0.25) is 5.02 Å². The zero-order chi connectivity index (χ0) is 16.1. The van der Waals surface area contributed by atoms with Crippen LogP contribution in [-0.2, 0) is 17.8 Å². The van der Waals surface area contributed by atoms with Gasteiger partial charge in [-0.3, -0.25) is 4.79 Å². The fourth-order valence-electron chi connectivity index (χ4n) is 2.25. The van der Waals surface area contributed by atoms with Crippen molar-refractivity contribution in [3.05, 3.63) is 45.4 Å². The van der Waals surface area contributed by atoms with E-state index in [1.165, 1.54) is 11.3 Å². The largest absolute Gasteiger partial charge is 0.486 e. The van der Waals surface area contributed by atoms with Gasteiger partial charge in [-0.2, -0.15) is 11.8 Å². The van der Waals surface area contributed by atoms with E-state index in [4.69, 9.17) is 16.3 Å². The molecule has 0 N–H and O–H groups in total. The van der Waals surface area contributed by atoms with E-state index in [-0.39, 0.29) is 5.91 Å². The van der Waals surface area contributed by atoms with Crippen LogP contribution in [0.3, 0.4) is 0 Å². The number of hydrogen-bond donors (Lipinski definition) is 0. The molecule has 23 heavy (non-hydrogen) atoms. The van der Waals surface area contributed by atoms with Crippen molar-refractivity contribution in [1.29, 1.82) is 0 Å². The molecule has 0 unspecified atom stereocenters. The minimum absolute atomic E-state index is 0.167. The van der Waals surface area contributed by atoms with Gasteiger partial charge in [0.25, 0.3) is 0 Å². The Morgan fingerprint density at radius 3 is 2.74 bits per heavy atom. The predicted octanol–water partition coefficient (Wildman–Crippen LogP) is 3.49. The maximum atomic E-state index is 12.2. The number of carbonyl (C=O) groups excluding carboxylic acids is 1. The molecule has 0 spiro atoms. The third kappa shape index (κ3) is 4.86. The third-order valence-corrected chi connectivity index (χ3v) is 5.54. The molecule has 122 valence electrons. The predicted molar refractivity (Wildman–Crippen MR) is 95.5 cm³/mol. The summed E-state index contributed by atoms with van der Waals surface area (Å²) in [6, 6.07) is 7.24. The average Bonchev–Trinajstić information content (AvgIpc) is 3.02. The van der Waals surface area contributed by atoms with Crippen molar-refractivity contribution in [2.24, 2.45) is 0 Å². The molecule has 2 heterocycles. The highest BCUT2D eigenvalue weighted by Gasteiger charge is 2.18. The molecular formula is C16H17ClN2O2S2. The number of halogens is 1. The fraction of sp³-hybridized carbons (Fsp3) is 0.375. The lowest BCUT2D eigenvalue weighted by Crippen LogP contribution is -2.38. The lowest BCUT2D eigenvalue weighted by atomic mass is 10.3. The molecule has 1 amide bonds. The molecule has 0 bridgehead atoms. The minimum Gasteiger partial charge on any atom is -0.486 e. The van der Waals surface area contributed by atoms with Crippen LogP contribution in [0.1, 0.15) is 10.7 Å². The van der Waals surface area contributed by atoms with Gasteiger partial charge in [0.1, 0.15) is 17.4 Å². The van der Waals surface area contributed by atoms with Crippen LogP contribution in [0.25, 0.3) is 0 Å². The number of thioether (sulfide) groups is 1. The van der Waals surface area contributed by atoms with E-state index >= 15 is 0 Å². The molecule has 0 radical (unpaired) electrons. The van der Waals surface area contributed by atoms with E-state index in [0.29, 0.717) is 18.1 Å². The summed E-state index contributed by atoms with van der Waals surface area (Å²) < 4.78 is 5.67. The molecule has 1 aliphatic heterocycles. The molecule has 1 aliphatic rings. The van der Waals surface area contributed by atoms with Crippen LogP contribution in [0, 0.1) is 0 Å². The third-order valence-electron chi connectivity index (χ3n) is 3.47. The first kappa shape index (κ1) is 16.6. The quantitative estimate of drug-likeness (QED) is 0.810. The number of aromatic nitrogens is 1. The van der Waals surface area contributed by atoms with E-state index in [0.717, 1.165) is 41.0 Å². The summed E-state index contributed by atoms with van der Waals surface area (Å²) >= 11 is 9.26. The van der Waals surface area contributed by atoms with Crippen LogP contribution in [0.5, 0.6) is 5.75 Å². The molecule has 0 aliphatic carbocycles. The number of thiazole rings is 1. The Hall–Kier alpha value is -1.24. The summed E-state index contributed by atoms with van der Waals surface area (Å²) in [7, 11) is 0. The van der Waals surface area contributed by atoms with Crippen molar-refractivity contribution >= 4 is 40.6 Å². The Morgan fingerprint density at radius 1 is 1.26 bits per heavy atom. The summed E-state index contributed by atoms with van der Waals surface area (Å²) in [5.41, 5.74) is 0.827. The Bertz CT molecular complexity index is 654. The van der Waals surface area contributed by atoms with Gasteiger partial charge in [0.05, 0.1) is 12.1 Å². The van der Waals surface area contributed by atoms with Crippen molar-refractivity contribution in [2.75, 3.05) is 24.6 Å². The first-order valence-corrected chi connectivity index (χ1v) is 9.79. The van der Waals surface area contributed by atoms with Crippen LogP contribution in [0.4, 0.5) is 0 Å². The summed E-state index contributed by atoms with van der Waals surface area (Å²) in [6.07, 6.45) is 0.377. The molecule has 0 atom stereocenters. The van der Waals surface area contributed by atoms with Gasteiger partial charge in [-0.25, -0.2) is 4.98 Å². The van der Waals surface area contributed by atoms with E-state index in [1.54, 1.807) is 12.1 Å². The summed E-state index contributed by atoms with van der Waals surface area (Å²) in [6.45, 7) is 2.10. The van der Waals surface area contributed by atoms with Gasteiger partial charge in [-0.1, -0.05) is 11.6 Å². The Labute approximate surface area is 148 Å². The van der Waals surface area contributed by atoms with Crippen molar-refractivity contribution in [3.63, 3.8) is 0 Å². The van der Waals surface area contributed by atoms with Gasteiger partial charge in [-0.05, 0) is 24.3 Å². The summed E-state index contributed by atoms with van der Waals surface area (Å²) in [4.78, 5) is 18.6. The lowest BCUT2D eigenvalue weighted by Gasteiger charge is -2.26. The maximum absolute atomic E-state index is 12.2. The van der Waals surface area contributed by atoms with E-state index < -0.39 is 0 Å². The topological polar surface area (TPSA) is 42.4 Å². The van der Waals surface area contributed by atoms with Gasteiger partial charge in [-0.15, -0.1) is 11.3 Å². The standard InChI is InChI=1S/C16H17ClN2O2S2/c17-12-1-3-14(4-2-12)21-10-15-18-13(11-23-15)9-16(20)19-5-7-22-8-6-19/h1-4,11H,5-10H2. The van der Waals surface area contributed by atoms with Gasteiger partial charge >= 0.3 is 0 Å². The molecule has 2 aromatic rings. The summed E-state index contributed by atoms with van der Waals surface area (Å²) in [5.74, 6) is 2.99. The normalized spacial score (nSPS) is 14.7. The number of rotatable bonds is 5. The molecule has 1 aromatic heterocycles. The number of benzene rings is 1. The number of hydrogen-bond acceptors (Lipinski definition) is 5. The van der Waals surface area contributed by atoms with E-state index in [9.17, 15) is 4.79 Å². The minimum atomic E-state index is 0.167. The van der Waals surface area contributed by atoms with E-state index in [1.807, 2.05) is 34.2 Å². The van der Waals surface area contributed by atoms with Crippen molar-refractivity contribution < 1.29 is 9.53 Å². The number of amides is 1. The second-order valence-corrected chi connectivity index (χ2v) is 7.75. The first-order chi connectivity index (χ1) is 11.2. The van der Waals surface area contributed by atoms with Crippen molar-refractivity contribution in [3.8, 4) is 5.75 Å². The fourth-order valence-corrected chi connectivity index (χ4v) is 3.99. The molecule has 3 rings (SSSR count). The molecule has 4 nitrogen and oxygen atoms in total. The molecule has 0 saturated carbocycles. The van der Waals surface area contributed by atoms with Crippen molar-refractivity contribution in [1.82, 2.24) is 9.88 Å². The molecular weight excluding hydrogens is 352 g/mol. The molecule has 1 saturated heterocycles. The zero-order valence-corrected chi connectivity index (χ0v) is 14.9. The average molecular weight is 369 g/mol. The Morgan fingerprint density at radius 2 is 2.00 bits per heavy atom. The summed E-state index contributed by atoms with van der Waals surface area (Å²) in [5, 5.41) is 3.50. The Kier molecular flexibility index (Phi) is 5.80. The lowest BCUT2D eigenvalue weighted by molar-refractivity contribution is -0.130. The van der Waals surface area contributed by atoms with Gasteiger partial charge in [0, 0.05) is 35.0 Å². The molecule has 7 heteroatoms. The maximum Gasteiger partial charge on any atom is 0.228 e. The second kappa shape index (κ2) is 8.04. The van der Waals surface area contributed by atoms with E-state index in [2.05, 4.69) is 4.98 Å². The van der Waals surface area contributed by atoms with Gasteiger partial charge in [0.2, 0.25) is 5.91 Å². The molecule has 1 fully saturated rings. The number of nitrogens with zero attached hydrogens (tertiary/aromatic N) is 2. The Balaban J connectivity index is 1.51. The number of carbonyl (C=O) groups is 1. The highest BCUT2D eigenvalue weighted by atomic mass is 35.5. The second-order valence-electron chi connectivity index (χ2n) is 5.15. The van der Waals surface area contributed by atoms with Crippen LogP contribution in [0.15, 0.2) is 29.6 Å². The smallest absolute Gasteiger partial charge is 0.228 e. The zero-order valence-electron chi connectivity index (χ0n) is 12.5. The SMILES string of the molecule is O=C(Cc1csc(COc2ccc(Cl)cc2)n1)N1CCSCC1.